The predicted octanol–water partition coefficient (Wildman–Crippen LogP) is 2.44. The molecule has 2 rings (SSSR count). The van der Waals surface area contributed by atoms with Crippen molar-refractivity contribution in [3.05, 3.63) is 29.8 Å². The van der Waals surface area contributed by atoms with Crippen molar-refractivity contribution < 1.29 is 13.5 Å². The zero-order valence-electron chi connectivity index (χ0n) is 9.09. The molecule has 0 aromatic heterocycles. The predicted molar refractivity (Wildman–Crippen MR) is 57.5 cm³/mol. The van der Waals surface area contributed by atoms with Gasteiger partial charge in [-0.15, -0.1) is 0 Å². The molecule has 1 aromatic carbocycles. The van der Waals surface area contributed by atoms with Crippen molar-refractivity contribution in [2.45, 2.75) is 12.8 Å². The molecule has 1 saturated heterocycles. The molecular weight excluding hydrogens is 212 g/mol. The molecule has 0 unspecified atom stereocenters. The highest BCUT2D eigenvalue weighted by molar-refractivity contribution is 5.23. The van der Waals surface area contributed by atoms with Crippen LogP contribution >= 0.6 is 0 Å². The summed E-state index contributed by atoms with van der Waals surface area (Å²) in [6, 6.07) is 3.24. The maximum Gasteiger partial charge on any atom is 0.129 e. The van der Waals surface area contributed by atoms with Gasteiger partial charge in [0.2, 0.25) is 0 Å². The van der Waals surface area contributed by atoms with Crippen LogP contribution in [0.25, 0.3) is 0 Å². The zero-order valence-corrected chi connectivity index (χ0v) is 9.09. The Bertz CT molecular complexity index is 331. The van der Waals surface area contributed by atoms with E-state index in [9.17, 15) is 8.78 Å². The maximum absolute atomic E-state index is 12.8. The molecule has 88 valence electrons. The minimum Gasteiger partial charge on any atom is -0.492 e. The van der Waals surface area contributed by atoms with Crippen LogP contribution in [0.5, 0.6) is 5.75 Å². The lowest BCUT2D eigenvalue weighted by molar-refractivity contribution is 0.236. The van der Waals surface area contributed by atoms with Gasteiger partial charge in [0, 0.05) is 24.7 Å². The van der Waals surface area contributed by atoms with Crippen LogP contribution in [0.1, 0.15) is 12.8 Å². The van der Waals surface area contributed by atoms with Crippen molar-refractivity contribution in [1.29, 1.82) is 0 Å². The molecule has 1 aromatic rings. The Morgan fingerprint density at radius 3 is 2.31 bits per heavy atom. The van der Waals surface area contributed by atoms with Crippen molar-refractivity contribution in [1.82, 2.24) is 4.90 Å². The van der Waals surface area contributed by atoms with Crippen LogP contribution in [-0.2, 0) is 0 Å². The molecule has 2 nitrogen and oxygen atoms in total. The van der Waals surface area contributed by atoms with Gasteiger partial charge >= 0.3 is 0 Å². The van der Waals surface area contributed by atoms with E-state index in [0.29, 0.717) is 6.61 Å². The van der Waals surface area contributed by atoms with E-state index in [-0.39, 0.29) is 5.75 Å². The Morgan fingerprint density at radius 1 is 1.06 bits per heavy atom. The van der Waals surface area contributed by atoms with Gasteiger partial charge in [0.05, 0.1) is 0 Å². The highest BCUT2D eigenvalue weighted by atomic mass is 19.1. The topological polar surface area (TPSA) is 12.5 Å². The van der Waals surface area contributed by atoms with Gasteiger partial charge in [0.25, 0.3) is 0 Å². The molecule has 4 heteroatoms. The lowest BCUT2D eigenvalue weighted by Gasteiger charge is -2.14. The Hall–Kier alpha value is -1.16. The summed E-state index contributed by atoms with van der Waals surface area (Å²) in [5.41, 5.74) is 0. The molecule has 16 heavy (non-hydrogen) atoms. The van der Waals surface area contributed by atoms with E-state index in [2.05, 4.69) is 4.90 Å². The quantitative estimate of drug-likeness (QED) is 0.783. The first-order valence-corrected chi connectivity index (χ1v) is 5.55. The Morgan fingerprint density at radius 2 is 1.69 bits per heavy atom. The van der Waals surface area contributed by atoms with Crippen molar-refractivity contribution in [3.63, 3.8) is 0 Å². The number of ether oxygens (including phenoxy) is 1. The number of likely N-dealkylation sites (tertiary alicyclic amines) is 1. The van der Waals surface area contributed by atoms with Crippen LogP contribution < -0.4 is 4.74 Å². The van der Waals surface area contributed by atoms with Crippen molar-refractivity contribution in [3.8, 4) is 5.75 Å². The van der Waals surface area contributed by atoms with Gasteiger partial charge in [-0.3, -0.25) is 4.90 Å². The number of hydrogen-bond donors (Lipinski definition) is 0. The average molecular weight is 227 g/mol. The fourth-order valence-corrected chi connectivity index (χ4v) is 1.91. The van der Waals surface area contributed by atoms with Gasteiger partial charge < -0.3 is 4.74 Å². The van der Waals surface area contributed by atoms with Gasteiger partial charge in [0.15, 0.2) is 0 Å². The van der Waals surface area contributed by atoms with E-state index in [1.165, 1.54) is 25.0 Å². The number of halogens is 2. The van der Waals surface area contributed by atoms with Crippen molar-refractivity contribution in [2.75, 3.05) is 26.2 Å². The number of hydrogen-bond acceptors (Lipinski definition) is 2. The van der Waals surface area contributed by atoms with E-state index >= 15 is 0 Å². The second-order valence-corrected chi connectivity index (χ2v) is 4.00. The summed E-state index contributed by atoms with van der Waals surface area (Å²) < 4.78 is 31.0. The molecular formula is C12H15F2NO. The van der Waals surface area contributed by atoms with Crippen molar-refractivity contribution in [2.24, 2.45) is 0 Å². The average Bonchev–Trinajstić information content (AvgIpc) is 2.69. The largest absolute Gasteiger partial charge is 0.492 e. The Labute approximate surface area is 93.8 Å². The van der Waals surface area contributed by atoms with Gasteiger partial charge in [-0.25, -0.2) is 8.78 Å². The molecule has 0 saturated carbocycles. The van der Waals surface area contributed by atoms with Gasteiger partial charge in [0.1, 0.15) is 24.0 Å². The molecule has 1 aliphatic heterocycles. The van der Waals surface area contributed by atoms with Crippen LogP contribution in [0.2, 0.25) is 0 Å². The normalized spacial score (nSPS) is 16.6. The van der Waals surface area contributed by atoms with Gasteiger partial charge in [-0.2, -0.15) is 0 Å². The molecule has 0 aliphatic carbocycles. The Balaban J connectivity index is 1.80. The molecule has 0 amide bonds. The summed E-state index contributed by atoms with van der Waals surface area (Å²) in [5.74, 6) is -0.941. The first-order valence-electron chi connectivity index (χ1n) is 5.55. The summed E-state index contributed by atoms with van der Waals surface area (Å²) in [7, 11) is 0. The summed E-state index contributed by atoms with van der Waals surface area (Å²) in [6.45, 7) is 3.49. The van der Waals surface area contributed by atoms with Crippen molar-refractivity contribution >= 4 is 0 Å². The van der Waals surface area contributed by atoms with E-state index in [0.717, 1.165) is 25.7 Å². The number of benzene rings is 1. The molecule has 0 bridgehead atoms. The highest BCUT2D eigenvalue weighted by Crippen LogP contribution is 2.15. The minimum atomic E-state index is -0.601. The molecule has 0 N–H and O–H groups in total. The standard InChI is InChI=1S/C12H15F2NO/c13-10-7-11(14)9-12(8-10)16-6-5-15-3-1-2-4-15/h7-9H,1-6H2. The Kier molecular flexibility index (Phi) is 3.72. The lowest BCUT2D eigenvalue weighted by atomic mass is 10.3. The molecule has 0 radical (unpaired) electrons. The van der Waals surface area contributed by atoms with E-state index in [1.54, 1.807) is 0 Å². The van der Waals surface area contributed by atoms with E-state index < -0.39 is 11.6 Å². The molecule has 1 fully saturated rings. The minimum absolute atomic E-state index is 0.261. The summed E-state index contributed by atoms with van der Waals surface area (Å²) >= 11 is 0. The van der Waals surface area contributed by atoms with Gasteiger partial charge in [-0.1, -0.05) is 0 Å². The lowest BCUT2D eigenvalue weighted by Crippen LogP contribution is -2.25. The summed E-state index contributed by atoms with van der Waals surface area (Å²) in [4.78, 5) is 2.29. The van der Waals surface area contributed by atoms with E-state index in [1.807, 2.05) is 0 Å². The van der Waals surface area contributed by atoms with Crippen LogP contribution in [0.15, 0.2) is 18.2 Å². The highest BCUT2D eigenvalue weighted by Gasteiger charge is 2.10. The smallest absolute Gasteiger partial charge is 0.129 e. The first-order chi connectivity index (χ1) is 7.74. The summed E-state index contributed by atoms with van der Waals surface area (Å²) in [5, 5.41) is 0. The monoisotopic (exact) mass is 227 g/mol. The van der Waals surface area contributed by atoms with E-state index in [4.69, 9.17) is 4.74 Å². The molecule has 1 heterocycles. The van der Waals surface area contributed by atoms with Crippen LogP contribution in [0.3, 0.4) is 0 Å². The maximum atomic E-state index is 12.8. The second-order valence-electron chi connectivity index (χ2n) is 4.00. The molecule has 0 atom stereocenters. The first kappa shape index (κ1) is 11.3. The third kappa shape index (κ3) is 3.17. The third-order valence-corrected chi connectivity index (χ3v) is 2.71. The zero-order chi connectivity index (χ0) is 11.4. The van der Waals surface area contributed by atoms with Crippen LogP contribution in [-0.4, -0.2) is 31.1 Å². The van der Waals surface area contributed by atoms with Crippen LogP contribution in [0.4, 0.5) is 8.78 Å². The molecule has 1 aliphatic rings. The summed E-state index contributed by atoms with van der Waals surface area (Å²) in [6.07, 6.45) is 2.46. The number of rotatable bonds is 4. The fraction of sp³-hybridized carbons (Fsp3) is 0.500. The van der Waals surface area contributed by atoms with Crippen LogP contribution in [0, 0.1) is 11.6 Å². The fourth-order valence-electron chi connectivity index (χ4n) is 1.91. The second kappa shape index (κ2) is 5.25. The SMILES string of the molecule is Fc1cc(F)cc(OCCN2CCCC2)c1. The molecule has 0 spiro atoms. The number of nitrogens with zero attached hydrogens (tertiary/aromatic N) is 1. The van der Waals surface area contributed by atoms with Gasteiger partial charge in [-0.05, 0) is 25.9 Å². The third-order valence-electron chi connectivity index (χ3n) is 2.71.